The number of nitrogens with zero attached hydrogens (tertiary/aromatic N) is 2. The smallest absolute Gasteiger partial charge is 0.252 e. The van der Waals surface area contributed by atoms with Crippen LogP contribution in [0.5, 0.6) is 0 Å². The molecule has 1 saturated heterocycles. The van der Waals surface area contributed by atoms with E-state index in [4.69, 9.17) is 11.6 Å². The van der Waals surface area contributed by atoms with Gasteiger partial charge >= 0.3 is 0 Å². The molecule has 0 aliphatic carbocycles. The van der Waals surface area contributed by atoms with Gasteiger partial charge in [-0.05, 0) is 36.8 Å². The van der Waals surface area contributed by atoms with Gasteiger partial charge in [-0.15, -0.1) is 11.3 Å². The molecule has 1 aromatic carbocycles. The summed E-state index contributed by atoms with van der Waals surface area (Å²) in [6.45, 7) is 3.91. The maximum Gasteiger partial charge on any atom is 0.252 e. The van der Waals surface area contributed by atoms with E-state index >= 15 is 0 Å². The van der Waals surface area contributed by atoms with Crippen LogP contribution < -0.4 is 4.90 Å². The van der Waals surface area contributed by atoms with Crippen LogP contribution in [-0.4, -0.2) is 38.9 Å². The summed E-state index contributed by atoms with van der Waals surface area (Å²) >= 11 is 7.16. The van der Waals surface area contributed by atoms with E-state index in [9.17, 15) is 12.8 Å². The van der Waals surface area contributed by atoms with E-state index < -0.39 is 15.8 Å². The van der Waals surface area contributed by atoms with Gasteiger partial charge in [0.15, 0.2) is 0 Å². The predicted octanol–water partition coefficient (Wildman–Crippen LogP) is 3.61. The molecule has 0 amide bonds. The molecule has 24 heavy (non-hydrogen) atoms. The summed E-state index contributed by atoms with van der Waals surface area (Å²) in [6.07, 6.45) is 0.833. The number of hydrogen-bond donors (Lipinski definition) is 0. The van der Waals surface area contributed by atoms with Crippen molar-refractivity contribution in [3.63, 3.8) is 0 Å². The number of hydrogen-bond acceptors (Lipinski definition) is 4. The number of sulfonamides is 1. The van der Waals surface area contributed by atoms with E-state index in [0.717, 1.165) is 17.0 Å². The third-order valence-electron chi connectivity index (χ3n) is 4.09. The minimum atomic E-state index is -3.43. The minimum absolute atomic E-state index is 0.0771. The first kappa shape index (κ1) is 17.7. The lowest BCUT2D eigenvalue weighted by molar-refractivity contribution is 0.386. The largest absolute Gasteiger partial charge is 0.369 e. The molecule has 1 aromatic heterocycles. The quantitative estimate of drug-likeness (QED) is 0.803. The fraction of sp³-hybridized carbons (Fsp3) is 0.375. The fourth-order valence-corrected chi connectivity index (χ4v) is 5.73. The average molecular weight is 389 g/mol. The van der Waals surface area contributed by atoms with Crippen LogP contribution in [0.25, 0.3) is 0 Å². The van der Waals surface area contributed by atoms with Gasteiger partial charge in [0, 0.05) is 36.7 Å². The van der Waals surface area contributed by atoms with Crippen molar-refractivity contribution in [2.45, 2.75) is 17.6 Å². The predicted molar refractivity (Wildman–Crippen MR) is 96.1 cm³/mol. The highest BCUT2D eigenvalue weighted by molar-refractivity contribution is 7.91. The van der Waals surface area contributed by atoms with E-state index in [1.165, 1.54) is 21.7 Å². The first-order chi connectivity index (χ1) is 11.4. The summed E-state index contributed by atoms with van der Waals surface area (Å²) in [7, 11) is -3.43. The summed E-state index contributed by atoms with van der Waals surface area (Å²) < 4.78 is 40.6. The molecule has 2 heterocycles. The SMILES string of the molecule is CCc1ccc(S(=O)(=O)N2CCN(c3ccc(F)c(Cl)c3)CC2)s1. The number of anilines is 1. The zero-order chi connectivity index (χ0) is 17.3. The molecule has 1 aliphatic rings. The molecule has 130 valence electrons. The van der Waals surface area contributed by atoms with Crippen molar-refractivity contribution in [2.24, 2.45) is 0 Å². The standard InChI is InChI=1S/C16H18ClFN2O2S2/c1-2-13-4-6-16(23-13)24(21,22)20-9-7-19(8-10-20)12-3-5-15(18)14(17)11-12/h3-6,11H,2,7-10H2,1H3. The van der Waals surface area contributed by atoms with Crippen LogP contribution in [-0.2, 0) is 16.4 Å². The Labute approximate surface area is 150 Å². The number of piperazine rings is 1. The van der Waals surface area contributed by atoms with Crippen LogP contribution in [0.2, 0.25) is 5.02 Å². The van der Waals surface area contributed by atoms with Crippen LogP contribution in [0, 0.1) is 5.82 Å². The lowest BCUT2D eigenvalue weighted by Crippen LogP contribution is -2.48. The Kier molecular flexibility index (Phi) is 5.15. The highest BCUT2D eigenvalue weighted by Crippen LogP contribution is 2.28. The second kappa shape index (κ2) is 7.00. The number of rotatable bonds is 4. The molecular weight excluding hydrogens is 371 g/mol. The van der Waals surface area contributed by atoms with Crippen molar-refractivity contribution < 1.29 is 12.8 Å². The third-order valence-corrected chi connectivity index (χ3v) is 7.97. The molecule has 8 heteroatoms. The molecule has 0 atom stereocenters. The van der Waals surface area contributed by atoms with Gasteiger partial charge in [0.25, 0.3) is 10.0 Å². The number of halogens is 2. The van der Waals surface area contributed by atoms with Crippen molar-refractivity contribution in [2.75, 3.05) is 31.1 Å². The summed E-state index contributed by atoms with van der Waals surface area (Å²) in [6, 6.07) is 8.13. The minimum Gasteiger partial charge on any atom is -0.369 e. The molecule has 0 unspecified atom stereocenters. The van der Waals surface area contributed by atoms with Gasteiger partial charge in [0.1, 0.15) is 10.0 Å². The lowest BCUT2D eigenvalue weighted by Gasteiger charge is -2.35. The number of thiophene rings is 1. The van der Waals surface area contributed by atoms with E-state index in [-0.39, 0.29) is 5.02 Å². The number of benzene rings is 1. The maximum absolute atomic E-state index is 13.3. The molecule has 1 fully saturated rings. The normalized spacial score (nSPS) is 16.5. The van der Waals surface area contributed by atoms with E-state index in [0.29, 0.717) is 30.4 Å². The lowest BCUT2D eigenvalue weighted by atomic mass is 10.2. The summed E-state index contributed by atoms with van der Waals surface area (Å²) in [4.78, 5) is 3.08. The second-order valence-electron chi connectivity index (χ2n) is 5.56. The zero-order valence-corrected chi connectivity index (χ0v) is 15.6. The molecule has 0 N–H and O–H groups in total. The Morgan fingerprint density at radius 2 is 1.88 bits per heavy atom. The third kappa shape index (κ3) is 3.44. The molecule has 0 saturated carbocycles. The van der Waals surface area contributed by atoms with Crippen LogP contribution >= 0.6 is 22.9 Å². The van der Waals surface area contributed by atoms with Crippen LogP contribution in [0.3, 0.4) is 0 Å². The summed E-state index contributed by atoms with van der Waals surface area (Å²) in [5.41, 5.74) is 0.808. The Hall–Kier alpha value is -1.15. The van der Waals surface area contributed by atoms with Gasteiger partial charge in [0.2, 0.25) is 0 Å². The molecule has 2 aromatic rings. The molecule has 3 rings (SSSR count). The Morgan fingerprint density at radius 3 is 2.46 bits per heavy atom. The molecule has 4 nitrogen and oxygen atoms in total. The second-order valence-corrected chi connectivity index (χ2v) is 9.30. The van der Waals surface area contributed by atoms with Crippen LogP contribution in [0.1, 0.15) is 11.8 Å². The first-order valence-electron chi connectivity index (χ1n) is 7.70. The summed E-state index contributed by atoms with van der Waals surface area (Å²) in [5.74, 6) is -0.453. The highest BCUT2D eigenvalue weighted by atomic mass is 35.5. The van der Waals surface area contributed by atoms with Gasteiger partial charge in [-0.25, -0.2) is 12.8 Å². The van der Waals surface area contributed by atoms with Crippen molar-refractivity contribution in [1.29, 1.82) is 0 Å². The molecular formula is C16H18ClFN2O2S2. The Morgan fingerprint density at radius 1 is 1.17 bits per heavy atom. The van der Waals surface area contributed by atoms with Crippen molar-refractivity contribution >= 4 is 38.6 Å². The van der Waals surface area contributed by atoms with Crippen molar-refractivity contribution in [3.8, 4) is 0 Å². The van der Waals surface area contributed by atoms with Crippen molar-refractivity contribution in [1.82, 2.24) is 4.31 Å². The fourth-order valence-electron chi connectivity index (χ4n) is 2.68. The van der Waals surface area contributed by atoms with Gasteiger partial charge in [-0.3, -0.25) is 0 Å². The monoisotopic (exact) mass is 388 g/mol. The van der Waals surface area contributed by atoms with Crippen LogP contribution in [0.15, 0.2) is 34.5 Å². The van der Waals surface area contributed by atoms with Gasteiger partial charge < -0.3 is 4.90 Å². The summed E-state index contributed by atoms with van der Waals surface area (Å²) in [5, 5.41) is 0.0771. The molecule has 1 aliphatic heterocycles. The molecule has 0 radical (unpaired) electrons. The molecule has 0 bridgehead atoms. The molecule has 0 spiro atoms. The average Bonchev–Trinajstić information content (AvgIpc) is 3.07. The van der Waals surface area contributed by atoms with Crippen molar-refractivity contribution in [3.05, 3.63) is 46.0 Å². The Balaban J connectivity index is 1.71. The Bertz CT molecular complexity index is 830. The highest BCUT2D eigenvalue weighted by Gasteiger charge is 2.29. The van der Waals surface area contributed by atoms with Gasteiger partial charge in [-0.2, -0.15) is 4.31 Å². The topological polar surface area (TPSA) is 40.6 Å². The van der Waals surface area contributed by atoms with Gasteiger partial charge in [0.05, 0.1) is 5.02 Å². The van der Waals surface area contributed by atoms with E-state index in [1.807, 2.05) is 17.9 Å². The van der Waals surface area contributed by atoms with Gasteiger partial charge in [-0.1, -0.05) is 18.5 Å². The van der Waals surface area contributed by atoms with Crippen LogP contribution in [0.4, 0.5) is 10.1 Å². The maximum atomic E-state index is 13.3. The zero-order valence-electron chi connectivity index (χ0n) is 13.2. The first-order valence-corrected chi connectivity index (χ1v) is 10.3. The van der Waals surface area contributed by atoms with E-state index in [2.05, 4.69) is 0 Å². The number of aryl methyl sites for hydroxylation is 1. The van der Waals surface area contributed by atoms with E-state index in [1.54, 1.807) is 18.2 Å².